The van der Waals surface area contributed by atoms with Gasteiger partial charge < -0.3 is 9.66 Å². The van der Waals surface area contributed by atoms with Crippen LogP contribution in [0, 0.1) is 0 Å². The van der Waals surface area contributed by atoms with Crippen molar-refractivity contribution in [3.8, 4) is 0 Å². The van der Waals surface area contributed by atoms with Gasteiger partial charge >= 0.3 is 35.5 Å². The average Bonchev–Trinajstić information content (AvgIpc) is 2.16. The van der Waals surface area contributed by atoms with Crippen LogP contribution in [0.4, 0.5) is 0 Å². The molecule has 0 aliphatic rings. The van der Waals surface area contributed by atoms with E-state index < -0.39 is 16.1 Å². The van der Waals surface area contributed by atoms with Gasteiger partial charge in [0.2, 0.25) is 0 Å². The van der Waals surface area contributed by atoms with Crippen molar-refractivity contribution in [3.05, 3.63) is 0 Å². The summed E-state index contributed by atoms with van der Waals surface area (Å²) in [5.74, 6) is -0.946. The summed E-state index contributed by atoms with van der Waals surface area (Å²) < 4.78 is 28.9. The molecule has 0 atom stereocenters. The zero-order valence-corrected chi connectivity index (χ0v) is 14.8. The number of hydrogen-bond donors (Lipinski definition) is 2. The standard InChI is InChI=1S/C8H16O2.C2H6O3S2.Na/c1-2-3-4-5-6-7-8(9)10;3-7(4,5)2-1-6;/h2-7H2,1H3,(H,9,10);6H,1-2H2,(H,3,4,5);/q;;+1/p-1. The fourth-order valence-electron chi connectivity index (χ4n) is 0.992. The van der Waals surface area contributed by atoms with Crippen LogP contribution in [-0.4, -0.2) is 35.6 Å². The number of thiol groups is 1. The van der Waals surface area contributed by atoms with Crippen LogP contribution in [0.3, 0.4) is 0 Å². The Kier molecular flexibility index (Phi) is 20.9. The second kappa shape index (κ2) is 15.8. The number of hydrogen-bond acceptors (Lipinski definition) is 5. The van der Waals surface area contributed by atoms with Gasteiger partial charge in [-0.25, -0.2) is 8.42 Å². The third-order valence-electron chi connectivity index (χ3n) is 1.84. The zero-order valence-electron chi connectivity index (χ0n) is 11.1. The van der Waals surface area contributed by atoms with Crippen LogP contribution < -0.4 is 29.6 Å². The Bertz CT molecular complexity index is 280. The molecule has 0 rings (SSSR count). The van der Waals surface area contributed by atoms with E-state index in [-0.39, 0.29) is 41.1 Å². The number of rotatable bonds is 8. The molecule has 0 unspecified atom stereocenters. The minimum Gasteiger partial charge on any atom is -0.748 e. The molecule has 0 saturated carbocycles. The topological polar surface area (TPSA) is 94.5 Å². The Labute approximate surface area is 137 Å². The molecule has 0 spiro atoms. The Morgan fingerprint density at radius 2 is 1.72 bits per heavy atom. The minimum atomic E-state index is -4.00. The van der Waals surface area contributed by atoms with Crippen molar-refractivity contribution in [1.82, 2.24) is 0 Å². The molecule has 104 valence electrons. The van der Waals surface area contributed by atoms with Crippen LogP contribution in [-0.2, 0) is 14.9 Å². The smallest absolute Gasteiger partial charge is 0.748 e. The summed E-state index contributed by atoms with van der Waals surface area (Å²) in [4.78, 5) is 10.0. The second-order valence-electron chi connectivity index (χ2n) is 3.54. The summed E-state index contributed by atoms with van der Waals surface area (Å²) in [6.07, 6.45) is 5.88. The van der Waals surface area contributed by atoms with Crippen LogP contribution in [0.15, 0.2) is 0 Å². The molecule has 0 aliphatic carbocycles. The van der Waals surface area contributed by atoms with Crippen LogP contribution in [0.2, 0.25) is 0 Å². The van der Waals surface area contributed by atoms with Crippen LogP contribution >= 0.6 is 12.6 Å². The fourth-order valence-corrected chi connectivity index (χ4v) is 1.89. The van der Waals surface area contributed by atoms with Gasteiger partial charge in [0.1, 0.15) is 0 Å². The molecule has 0 saturated heterocycles. The first-order valence-corrected chi connectivity index (χ1v) is 7.80. The number of carbonyl (C=O) groups is 1. The third kappa shape index (κ3) is 30.1. The normalized spacial score (nSPS) is 9.94. The van der Waals surface area contributed by atoms with Gasteiger partial charge in [-0.15, -0.1) is 0 Å². The molecule has 8 heteroatoms. The van der Waals surface area contributed by atoms with E-state index >= 15 is 0 Å². The summed E-state index contributed by atoms with van der Waals surface area (Å²) in [5, 5.41) is 8.27. The molecule has 0 aromatic carbocycles. The number of carboxylic acid groups (broad SMARTS) is 1. The maximum atomic E-state index is 10.0. The Morgan fingerprint density at radius 1 is 1.22 bits per heavy atom. The van der Waals surface area contributed by atoms with Crippen molar-refractivity contribution in [3.63, 3.8) is 0 Å². The zero-order chi connectivity index (χ0) is 13.7. The van der Waals surface area contributed by atoms with E-state index in [1.165, 1.54) is 19.3 Å². The molecule has 18 heavy (non-hydrogen) atoms. The Hall–Kier alpha value is 0.730. The van der Waals surface area contributed by atoms with Crippen LogP contribution in [0.25, 0.3) is 0 Å². The third-order valence-corrected chi connectivity index (χ3v) is 3.07. The van der Waals surface area contributed by atoms with Crippen molar-refractivity contribution in [2.75, 3.05) is 11.5 Å². The van der Waals surface area contributed by atoms with Gasteiger partial charge in [0.05, 0.1) is 10.1 Å². The van der Waals surface area contributed by atoms with Crippen molar-refractivity contribution >= 4 is 28.7 Å². The summed E-state index contributed by atoms with van der Waals surface area (Å²) in [7, 11) is -4.00. The molecule has 5 nitrogen and oxygen atoms in total. The van der Waals surface area contributed by atoms with E-state index in [0.29, 0.717) is 6.42 Å². The quantitative estimate of drug-likeness (QED) is 0.257. The van der Waals surface area contributed by atoms with Gasteiger partial charge in [0.15, 0.2) is 0 Å². The van der Waals surface area contributed by atoms with E-state index in [1.807, 2.05) is 0 Å². The molecule has 0 aromatic rings. The maximum Gasteiger partial charge on any atom is 1.00 e. The van der Waals surface area contributed by atoms with E-state index in [1.54, 1.807) is 0 Å². The van der Waals surface area contributed by atoms with Gasteiger partial charge in [-0.3, -0.25) is 4.79 Å². The van der Waals surface area contributed by atoms with Crippen molar-refractivity contribution < 1.29 is 52.4 Å². The van der Waals surface area contributed by atoms with Crippen LogP contribution in [0.1, 0.15) is 45.4 Å². The number of aliphatic carboxylic acids is 1. The molecular weight excluding hydrogens is 287 g/mol. The molecule has 0 bridgehead atoms. The summed E-state index contributed by atoms with van der Waals surface area (Å²) in [6.45, 7) is 2.15. The molecular formula is C10H21NaO5S2. The summed E-state index contributed by atoms with van der Waals surface area (Å²) >= 11 is 3.53. The van der Waals surface area contributed by atoms with Gasteiger partial charge in [-0.1, -0.05) is 32.6 Å². The van der Waals surface area contributed by atoms with E-state index in [0.717, 1.165) is 12.8 Å². The first-order chi connectivity index (χ1) is 7.83. The number of unbranched alkanes of at least 4 members (excludes halogenated alkanes) is 4. The van der Waals surface area contributed by atoms with Crippen LogP contribution in [0.5, 0.6) is 0 Å². The molecule has 0 radical (unpaired) electrons. The first-order valence-electron chi connectivity index (χ1n) is 5.59. The number of carboxylic acids is 1. The predicted octanol–water partition coefficient (Wildman–Crippen LogP) is -1.10. The largest absolute Gasteiger partial charge is 1.00 e. The minimum absolute atomic E-state index is 0. The summed E-state index contributed by atoms with van der Waals surface area (Å²) in [5.41, 5.74) is 0. The Morgan fingerprint density at radius 3 is 2.00 bits per heavy atom. The first kappa shape index (κ1) is 23.8. The SMILES string of the molecule is CCCCCCCC(=O)O.O=S(=O)([O-])CCS.[Na+]. The monoisotopic (exact) mass is 308 g/mol. The predicted molar refractivity (Wildman–Crippen MR) is 69.4 cm³/mol. The molecule has 0 amide bonds. The molecule has 1 N–H and O–H groups in total. The van der Waals surface area contributed by atoms with Gasteiger partial charge in [-0.05, 0) is 6.42 Å². The molecule has 0 aliphatic heterocycles. The summed E-state index contributed by atoms with van der Waals surface area (Å²) in [6, 6.07) is 0. The Balaban J connectivity index is -0.000000251. The average molecular weight is 308 g/mol. The van der Waals surface area contributed by atoms with Gasteiger partial charge in [0.25, 0.3) is 0 Å². The van der Waals surface area contributed by atoms with Gasteiger partial charge in [0, 0.05) is 17.9 Å². The van der Waals surface area contributed by atoms with E-state index in [9.17, 15) is 17.8 Å². The van der Waals surface area contributed by atoms with Gasteiger partial charge in [-0.2, -0.15) is 12.6 Å². The van der Waals surface area contributed by atoms with Crippen molar-refractivity contribution in [1.29, 1.82) is 0 Å². The molecule has 0 heterocycles. The van der Waals surface area contributed by atoms with Crippen molar-refractivity contribution in [2.45, 2.75) is 45.4 Å². The van der Waals surface area contributed by atoms with E-state index in [2.05, 4.69) is 19.6 Å². The van der Waals surface area contributed by atoms with E-state index in [4.69, 9.17) is 5.11 Å². The van der Waals surface area contributed by atoms with Crippen molar-refractivity contribution in [2.24, 2.45) is 0 Å². The second-order valence-corrected chi connectivity index (χ2v) is 5.51. The molecule has 0 fully saturated rings. The maximum absolute atomic E-state index is 10.0. The molecule has 0 aromatic heterocycles. The fraction of sp³-hybridized carbons (Fsp3) is 0.900.